The highest BCUT2D eigenvalue weighted by Gasteiger charge is 2.20. The average molecular weight is 226 g/mol. The van der Waals surface area contributed by atoms with Gasteiger partial charge in [0.1, 0.15) is 0 Å². The second-order valence-corrected chi connectivity index (χ2v) is 5.52. The molecule has 0 aromatic carbocycles. The molecule has 0 fully saturated rings. The molecule has 0 aromatic heterocycles. The first kappa shape index (κ1) is 18.1. The van der Waals surface area contributed by atoms with Crippen molar-refractivity contribution in [2.24, 2.45) is 11.3 Å². The molecule has 1 unspecified atom stereocenters. The van der Waals surface area contributed by atoms with Crippen molar-refractivity contribution in [2.75, 3.05) is 0 Å². The Morgan fingerprint density at radius 2 is 1.56 bits per heavy atom. The third-order valence-corrected chi connectivity index (χ3v) is 2.45. The quantitative estimate of drug-likeness (QED) is 0.471. The van der Waals surface area contributed by atoms with Crippen LogP contribution in [0, 0.1) is 11.3 Å². The Kier molecular flexibility index (Phi) is 12.7. The maximum Gasteiger partial charge on any atom is -0.0144 e. The second kappa shape index (κ2) is 11.2. The highest BCUT2D eigenvalue weighted by atomic mass is 14.3. The van der Waals surface area contributed by atoms with E-state index in [2.05, 4.69) is 60.6 Å². The summed E-state index contributed by atoms with van der Waals surface area (Å²) in [7, 11) is 0. The number of rotatable bonds is 6. The molecule has 0 aliphatic carbocycles. The van der Waals surface area contributed by atoms with Crippen LogP contribution >= 0.6 is 0 Å². The fourth-order valence-corrected chi connectivity index (χ4v) is 2.16. The van der Waals surface area contributed by atoms with Gasteiger partial charge in [-0.1, -0.05) is 73.5 Å². The van der Waals surface area contributed by atoms with E-state index in [9.17, 15) is 0 Å². The fourth-order valence-electron chi connectivity index (χ4n) is 2.16. The van der Waals surface area contributed by atoms with Crippen molar-refractivity contribution < 1.29 is 0 Å². The molecule has 16 heavy (non-hydrogen) atoms. The molecule has 0 amide bonds. The van der Waals surface area contributed by atoms with Crippen LogP contribution in [0.5, 0.6) is 0 Å². The molecule has 0 saturated carbocycles. The molecule has 0 aliphatic heterocycles. The topological polar surface area (TPSA) is 0 Å². The van der Waals surface area contributed by atoms with E-state index < -0.39 is 0 Å². The Bertz CT molecular complexity index is 155. The standard InChI is InChI=1S/C13H26.C3H8/c1-6-8-10-13(5,9-7-2)11-12(3)4;1-3-2/h8,10,12H,6-7,9,11H2,1-5H3;3H2,1-2H3/b10-8-;. The van der Waals surface area contributed by atoms with Gasteiger partial charge in [-0.05, 0) is 30.6 Å². The second-order valence-electron chi connectivity index (χ2n) is 5.52. The molecule has 0 aromatic rings. The predicted octanol–water partition coefficient (Wildman–Crippen LogP) is 6.22. The monoisotopic (exact) mass is 226 g/mol. The van der Waals surface area contributed by atoms with Gasteiger partial charge >= 0.3 is 0 Å². The van der Waals surface area contributed by atoms with E-state index in [1.807, 2.05) is 0 Å². The first-order valence-electron chi connectivity index (χ1n) is 7.13. The Morgan fingerprint density at radius 3 is 1.88 bits per heavy atom. The van der Waals surface area contributed by atoms with Crippen LogP contribution in [0.15, 0.2) is 12.2 Å². The minimum atomic E-state index is 0.443. The van der Waals surface area contributed by atoms with Crippen LogP contribution in [0.3, 0.4) is 0 Å². The molecule has 0 nitrogen and oxygen atoms in total. The normalized spacial score (nSPS) is 14.8. The van der Waals surface area contributed by atoms with Gasteiger partial charge in [0.2, 0.25) is 0 Å². The summed E-state index contributed by atoms with van der Waals surface area (Å²) in [6, 6.07) is 0. The van der Waals surface area contributed by atoms with Gasteiger partial charge in [-0.2, -0.15) is 0 Å². The van der Waals surface area contributed by atoms with Gasteiger partial charge in [0.25, 0.3) is 0 Å². The molecule has 0 aliphatic rings. The van der Waals surface area contributed by atoms with E-state index in [0.29, 0.717) is 5.41 Å². The Hall–Kier alpha value is -0.260. The maximum atomic E-state index is 2.43. The molecular weight excluding hydrogens is 192 g/mol. The van der Waals surface area contributed by atoms with Crippen molar-refractivity contribution in [3.8, 4) is 0 Å². The lowest BCUT2D eigenvalue weighted by atomic mass is 9.78. The molecule has 0 N–H and O–H groups in total. The Balaban J connectivity index is 0. The SMILES string of the molecule is CC/C=C\C(C)(CCC)CC(C)C.CCC. The van der Waals surface area contributed by atoms with E-state index in [1.165, 1.54) is 25.7 Å². The van der Waals surface area contributed by atoms with Crippen LogP contribution in [0.1, 0.15) is 80.6 Å². The maximum absolute atomic E-state index is 2.43. The average Bonchev–Trinajstić information content (AvgIpc) is 2.15. The van der Waals surface area contributed by atoms with Crippen LogP contribution in [0.4, 0.5) is 0 Å². The van der Waals surface area contributed by atoms with E-state index in [4.69, 9.17) is 0 Å². The van der Waals surface area contributed by atoms with E-state index in [-0.39, 0.29) is 0 Å². The summed E-state index contributed by atoms with van der Waals surface area (Å²) in [6.45, 7) is 15.8. The van der Waals surface area contributed by atoms with Gasteiger partial charge in [-0.3, -0.25) is 0 Å². The van der Waals surface area contributed by atoms with Crippen LogP contribution in [-0.4, -0.2) is 0 Å². The third-order valence-electron chi connectivity index (χ3n) is 2.45. The summed E-state index contributed by atoms with van der Waals surface area (Å²) >= 11 is 0. The summed E-state index contributed by atoms with van der Waals surface area (Å²) in [6.07, 6.45) is 11.1. The lowest BCUT2D eigenvalue weighted by Crippen LogP contribution is -2.15. The summed E-state index contributed by atoms with van der Waals surface area (Å²) < 4.78 is 0. The van der Waals surface area contributed by atoms with Gasteiger partial charge < -0.3 is 0 Å². The lowest BCUT2D eigenvalue weighted by molar-refractivity contribution is 0.306. The van der Waals surface area contributed by atoms with Crippen LogP contribution in [-0.2, 0) is 0 Å². The van der Waals surface area contributed by atoms with Crippen molar-refractivity contribution in [3.63, 3.8) is 0 Å². The molecule has 0 spiro atoms. The summed E-state index contributed by atoms with van der Waals surface area (Å²) in [4.78, 5) is 0. The third kappa shape index (κ3) is 11.8. The molecule has 0 radical (unpaired) electrons. The van der Waals surface area contributed by atoms with Crippen molar-refractivity contribution in [1.82, 2.24) is 0 Å². The number of hydrogen-bond donors (Lipinski definition) is 0. The molecule has 1 atom stereocenters. The minimum Gasteiger partial charge on any atom is -0.0883 e. The van der Waals surface area contributed by atoms with Crippen LogP contribution < -0.4 is 0 Å². The summed E-state index contributed by atoms with van der Waals surface area (Å²) in [5.74, 6) is 0.804. The van der Waals surface area contributed by atoms with Gasteiger partial charge in [0, 0.05) is 0 Å². The zero-order valence-electron chi connectivity index (χ0n) is 12.8. The summed E-state index contributed by atoms with van der Waals surface area (Å²) in [5, 5.41) is 0. The molecule has 0 saturated heterocycles. The highest BCUT2D eigenvalue weighted by Crippen LogP contribution is 2.32. The van der Waals surface area contributed by atoms with Crippen LogP contribution in [0.2, 0.25) is 0 Å². The molecule has 0 heteroatoms. The van der Waals surface area contributed by atoms with Crippen LogP contribution in [0.25, 0.3) is 0 Å². The van der Waals surface area contributed by atoms with E-state index >= 15 is 0 Å². The van der Waals surface area contributed by atoms with Crippen molar-refractivity contribution in [3.05, 3.63) is 12.2 Å². The lowest BCUT2D eigenvalue weighted by Gasteiger charge is -2.27. The highest BCUT2D eigenvalue weighted by molar-refractivity contribution is 4.97. The minimum absolute atomic E-state index is 0.443. The Morgan fingerprint density at radius 1 is 1.06 bits per heavy atom. The smallest absolute Gasteiger partial charge is 0.0144 e. The van der Waals surface area contributed by atoms with Gasteiger partial charge in [-0.25, -0.2) is 0 Å². The summed E-state index contributed by atoms with van der Waals surface area (Å²) in [5.41, 5.74) is 0.443. The van der Waals surface area contributed by atoms with Gasteiger partial charge in [0.15, 0.2) is 0 Å². The zero-order chi connectivity index (χ0) is 13.0. The zero-order valence-corrected chi connectivity index (χ0v) is 12.8. The van der Waals surface area contributed by atoms with E-state index in [0.717, 1.165) is 12.3 Å². The first-order chi connectivity index (χ1) is 7.45. The van der Waals surface area contributed by atoms with Crippen molar-refractivity contribution in [1.29, 1.82) is 0 Å². The Labute approximate surface area is 105 Å². The number of allylic oxidation sites excluding steroid dienone is 2. The fraction of sp³-hybridized carbons (Fsp3) is 0.875. The first-order valence-corrected chi connectivity index (χ1v) is 7.13. The van der Waals surface area contributed by atoms with Gasteiger partial charge in [0.05, 0.1) is 0 Å². The van der Waals surface area contributed by atoms with E-state index in [1.54, 1.807) is 0 Å². The molecule has 0 rings (SSSR count). The molecule has 0 heterocycles. The molecular formula is C16H34. The predicted molar refractivity (Wildman–Crippen MR) is 77.9 cm³/mol. The van der Waals surface area contributed by atoms with Gasteiger partial charge in [-0.15, -0.1) is 0 Å². The molecule has 0 bridgehead atoms. The molecule has 98 valence electrons. The van der Waals surface area contributed by atoms with Crippen molar-refractivity contribution in [2.45, 2.75) is 80.6 Å². The largest absolute Gasteiger partial charge is 0.0883 e. The number of hydrogen-bond acceptors (Lipinski definition) is 0. The van der Waals surface area contributed by atoms with Crippen molar-refractivity contribution >= 4 is 0 Å².